The highest BCUT2D eigenvalue weighted by atomic mass is 15.0. The van der Waals surface area contributed by atoms with E-state index in [0.29, 0.717) is 33.4 Å². The Morgan fingerprint density at radius 1 is 0.353 bits per heavy atom. The van der Waals surface area contributed by atoms with Crippen LogP contribution >= 0.6 is 0 Å². The van der Waals surface area contributed by atoms with Crippen LogP contribution in [0, 0.1) is 34.0 Å². The van der Waals surface area contributed by atoms with E-state index in [1.165, 1.54) is 0 Å². The van der Waals surface area contributed by atoms with Crippen LogP contribution in [-0.2, 0) is 0 Å². The molecule has 1 aromatic heterocycles. The van der Waals surface area contributed by atoms with Gasteiger partial charge >= 0.3 is 0 Å². The van der Waals surface area contributed by atoms with Crippen LogP contribution in [0.1, 0.15) is 16.7 Å². The van der Waals surface area contributed by atoms with Crippen LogP contribution in [0.4, 0.5) is 0 Å². The highest BCUT2D eigenvalue weighted by Gasteiger charge is 2.22. The molecule has 8 aromatic carbocycles. The van der Waals surface area contributed by atoms with E-state index in [1.807, 2.05) is 91.0 Å². The van der Waals surface area contributed by atoms with Crippen molar-refractivity contribution in [3.8, 4) is 57.3 Å². The quantitative estimate of drug-likeness (QED) is 0.179. The summed E-state index contributed by atoms with van der Waals surface area (Å²) in [5, 5.41) is 38.2. The summed E-state index contributed by atoms with van der Waals surface area (Å²) in [6, 6.07) is 60.0. The smallest absolute Gasteiger partial charge is 0.0998 e. The molecule has 4 nitrogen and oxygen atoms in total. The van der Waals surface area contributed by atoms with Crippen LogP contribution in [0.2, 0.25) is 0 Å². The molecule has 0 fully saturated rings. The lowest BCUT2D eigenvalue weighted by Crippen LogP contribution is -1.98. The van der Waals surface area contributed by atoms with Gasteiger partial charge in [0, 0.05) is 33.2 Å². The Kier molecular flexibility index (Phi) is 6.93. The minimum absolute atomic E-state index is 0.394. The first-order valence-electron chi connectivity index (χ1n) is 16.7. The van der Waals surface area contributed by atoms with Gasteiger partial charge < -0.3 is 4.57 Å². The molecule has 0 amide bonds. The normalized spacial score (nSPS) is 11.1. The van der Waals surface area contributed by atoms with Gasteiger partial charge in [-0.3, -0.25) is 0 Å². The summed E-state index contributed by atoms with van der Waals surface area (Å²) < 4.78 is 2.17. The monoisotopic (exact) mass is 646 g/mol. The Morgan fingerprint density at radius 2 is 0.784 bits per heavy atom. The lowest BCUT2D eigenvalue weighted by molar-refractivity contribution is 1.18. The fraction of sp³-hybridized carbons (Fsp3) is 0. The van der Waals surface area contributed by atoms with Crippen LogP contribution < -0.4 is 0 Å². The molecule has 9 rings (SSSR count). The molecule has 0 bridgehead atoms. The number of benzene rings is 8. The summed E-state index contributed by atoms with van der Waals surface area (Å²) in [6.07, 6.45) is 0. The van der Waals surface area contributed by atoms with E-state index in [-0.39, 0.29) is 0 Å². The van der Waals surface area contributed by atoms with E-state index in [4.69, 9.17) is 0 Å². The van der Waals surface area contributed by atoms with Gasteiger partial charge in [0.2, 0.25) is 0 Å². The van der Waals surface area contributed by atoms with Crippen LogP contribution in [0.3, 0.4) is 0 Å². The van der Waals surface area contributed by atoms with Crippen molar-refractivity contribution in [1.29, 1.82) is 15.8 Å². The second-order valence-corrected chi connectivity index (χ2v) is 12.6. The molecule has 1 heterocycles. The van der Waals surface area contributed by atoms with E-state index in [9.17, 15) is 15.8 Å². The fourth-order valence-corrected chi connectivity index (χ4v) is 7.75. The molecule has 0 aliphatic carbocycles. The average Bonchev–Trinajstić information content (AvgIpc) is 3.54. The highest BCUT2D eigenvalue weighted by Crippen LogP contribution is 2.45. The van der Waals surface area contributed by atoms with Crippen molar-refractivity contribution < 1.29 is 0 Å². The molecule has 0 aliphatic rings. The maximum atomic E-state index is 10.7. The summed E-state index contributed by atoms with van der Waals surface area (Å²) in [7, 11) is 0. The standard InChI is InChI=1S/C47H26N4/c48-27-31-24-34(51-44-20-10-8-14-36(44)37-15-9-11-21-45(37)51)22-23-35(31)42-25-33(29-50)43(26-32(42)28-49)47-40-18-6-4-16-38(40)46(30-12-2-1-3-13-30)39-17-5-7-19-41(39)47/h1-26H. The lowest BCUT2D eigenvalue weighted by Gasteiger charge is -2.19. The first kappa shape index (κ1) is 29.7. The Balaban J connectivity index is 1.27. The number of hydrogen-bond acceptors (Lipinski definition) is 3. The van der Waals surface area contributed by atoms with Gasteiger partial charge in [0.25, 0.3) is 0 Å². The van der Waals surface area contributed by atoms with E-state index in [1.54, 1.807) is 6.07 Å². The largest absolute Gasteiger partial charge is 0.309 e. The number of para-hydroxylation sites is 2. The first-order chi connectivity index (χ1) is 25.2. The third kappa shape index (κ3) is 4.58. The molecule has 9 aromatic rings. The maximum Gasteiger partial charge on any atom is 0.0998 e. The zero-order chi connectivity index (χ0) is 34.5. The van der Waals surface area contributed by atoms with E-state index in [0.717, 1.165) is 65.7 Å². The van der Waals surface area contributed by atoms with Gasteiger partial charge in [-0.05, 0) is 74.6 Å². The Hall–Kier alpha value is -7.45. The SMILES string of the molecule is N#Cc1cc(-n2c3ccccc3c3ccccc32)ccc1-c1cc(C#N)c(-c2c3ccccc3c(-c3ccccc3)c3ccccc23)cc1C#N. The first-order valence-corrected chi connectivity index (χ1v) is 16.7. The topological polar surface area (TPSA) is 76.3 Å². The van der Waals surface area contributed by atoms with Crippen LogP contribution in [0.15, 0.2) is 158 Å². The number of nitriles is 3. The number of fused-ring (bicyclic) bond motifs is 5. The Bertz CT molecular complexity index is 2890. The van der Waals surface area contributed by atoms with Gasteiger partial charge in [0.1, 0.15) is 0 Å². The summed E-state index contributed by atoms with van der Waals surface area (Å²) in [5.74, 6) is 0. The summed E-state index contributed by atoms with van der Waals surface area (Å²) in [5.41, 5.74) is 9.17. The third-order valence-electron chi connectivity index (χ3n) is 9.91. The molecule has 0 atom stereocenters. The molecular weight excluding hydrogens is 621 g/mol. The van der Waals surface area contributed by atoms with Gasteiger partial charge in [-0.15, -0.1) is 0 Å². The Labute approximate surface area is 294 Å². The van der Waals surface area contributed by atoms with E-state index >= 15 is 0 Å². The molecule has 0 saturated carbocycles. The average molecular weight is 647 g/mol. The number of nitrogens with zero attached hydrogens (tertiary/aromatic N) is 4. The third-order valence-corrected chi connectivity index (χ3v) is 9.91. The number of rotatable bonds is 4. The predicted octanol–water partition coefficient (Wildman–Crippen LogP) is 11.7. The molecule has 234 valence electrons. The Morgan fingerprint density at radius 3 is 1.33 bits per heavy atom. The van der Waals surface area contributed by atoms with Crippen molar-refractivity contribution >= 4 is 43.4 Å². The second kappa shape index (κ2) is 11.9. The second-order valence-electron chi connectivity index (χ2n) is 12.6. The van der Waals surface area contributed by atoms with E-state index < -0.39 is 0 Å². The molecule has 0 aliphatic heterocycles. The van der Waals surface area contributed by atoms with Gasteiger partial charge in [-0.2, -0.15) is 15.8 Å². The summed E-state index contributed by atoms with van der Waals surface area (Å²) in [6.45, 7) is 0. The van der Waals surface area contributed by atoms with Gasteiger partial charge in [0.15, 0.2) is 0 Å². The van der Waals surface area contributed by atoms with Crippen molar-refractivity contribution in [2.24, 2.45) is 0 Å². The molecule has 51 heavy (non-hydrogen) atoms. The zero-order valence-corrected chi connectivity index (χ0v) is 27.3. The van der Waals surface area contributed by atoms with Gasteiger partial charge in [-0.25, -0.2) is 0 Å². The predicted molar refractivity (Wildman–Crippen MR) is 206 cm³/mol. The lowest BCUT2D eigenvalue weighted by atomic mass is 9.83. The number of aromatic nitrogens is 1. The fourth-order valence-electron chi connectivity index (χ4n) is 7.75. The van der Waals surface area contributed by atoms with Crippen molar-refractivity contribution in [3.05, 3.63) is 174 Å². The van der Waals surface area contributed by atoms with E-state index in [2.05, 4.69) is 83.4 Å². The molecular formula is C47H26N4. The van der Waals surface area contributed by atoms with Crippen molar-refractivity contribution in [2.75, 3.05) is 0 Å². The van der Waals surface area contributed by atoms with Crippen LogP contribution in [-0.4, -0.2) is 4.57 Å². The van der Waals surface area contributed by atoms with Gasteiger partial charge in [-0.1, -0.05) is 121 Å². The van der Waals surface area contributed by atoms with Crippen molar-refractivity contribution in [2.45, 2.75) is 0 Å². The minimum Gasteiger partial charge on any atom is -0.309 e. The zero-order valence-electron chi connectivity index (χ0n) is 27.3. The molecule has 4 heteroatoms. The number of hydrogen-bond donors (Lipinski definition) is 0. The molecule has 0 unspecified atom stereocenters. The van der Waals surface area contributed by atoms with Crippen LogP contribution in [0.25, 0.3) is 82.4 Å². The minimum atomic E-state index is 0.394. The summed E-state index contributed by atoms with van der Waals surface area (Å²) in [4.78, 5) is 0. The van der Waals surface area contributed by atoms with Gasteiger partial charge in [0.05, 0.1) is 45.9 Å². The molecule has 0 spiro atoms. The molecule has 0 radical (unpaired) electrons. The van der Waals surface area contributed by atoms with Crippen molar-refractivity contribution in [1.82, 2.24) is 4.57 Å². The maximum absolute atomic E-state index is 10.7. The van der Waals surface area contributed by atoms with Crippen molar-refractivity contribution in [3.63, 3.8) is 0 Å². The summed E-state index contributed by atoms with van der Waals surface area (Å²) >= 11 is 0. The van der Waals surface area contributed by atoms with Crippen LogP contribution in [0.5, 0.6) is 0 Å². The highest BCUT2D eigenvalue weighted by molar-refractivity contribution is 6.22. The molecule has 0 N–H and O–H groups in total. The molecule has 0 saturated heterocycles.